The lowest BCUT2D eigenvalue weighted by molar-refractivity contribution is 0.146. The maximum atomic E-state index is 14.4. The van der Waals surface area contributed by atoms with E-state index in [0.29, 0.717) is 27.1 Å². The molecule has 2 heterocycles. The smallest absolute Gasteiger partial charge is 0.266 e. The average Bonchev–Trinajstić information content (AvgIpc) is 2.55. The van der Waals surface area contributed by atoms with Crippen molar-refractivity contribution < 1.29 is 13.2 Å². The van der Waals surface area contributed by atoms with Gasteiger partial charge in [0.2, 0.25) is 0 Å². The normalized spacial score (nSPS) is 12.6. The number of anilines is 1. The second-order valence-electron chi connectivity index (χ2n) is 5.56. The SMILES string of the molecule is Cc1nc(NC(C)c2cccc(C(F)F)c2F)c2cc(Br)ncc2n1. The first-order valence-corrected chi connectivity index (χ1v) is 8.29. The Morgan fingerprint density at radius 1 is 1.16 bits per heavy atom. The van der Waals surface area contributed by atoms with Crippen LogP contribution in [0.1, 0.15) is 36.3 Å². The number of halogens is 4. The number of aromatic nitrogens is 3. The van der Waals surface area contributed by atoms with Crippen molar-refractivity contribution in [1.82, 2.24) is 15.0 Å². The van der Waals surface area contributed by atoms with E-state index >= 15 is 0 Å². The highest BCUT2D eigenvalue weighted by Gasteiger charge is 2.20. The lowest BCUT2D eigenvalue weighted by Gasteiger charge is -2.18. The summed E-state index contributed by atoms with van der Waals surface area (Å²) in [6.45, 7) is 3.42. The standard InChI is InChI=1S/C17H14BrF3N4/c1-8(10-4-3-5-11(15(10)19)16(20)21)23-17-12-6-14(18)22-7-13(12)24-9(2)25-17/h3-8,16H,1-2H3,(H,23,24,25). The number of alkyl halides is 2. The molecule has 0 saturated heterocycles. The third-order valence-corrected chi connectivity index (χ3v) is 4.21. The van der Waals surface area contributed by atoms with Crippen LogP contribution in [0.3, 0.4) is 0 Å². The molecule has 1 N–H and O–H groups in total. The maximum Gasteiger partial charge on any atom is 0.266 e. The summed E-state index contributed by atoms with van der Waals surface area (Å²) in [5.41, 5.74) is 0.171. The maximum absolute atomic E-state index is 14.4. The zero-order chi connectivity index (χ0) is 18.1. The zero-order valence-electron chi connectivity index (χ0n) is 13.4. The van der Waals surface area contributed by atoms with Gasteiger partial charge in [-0.05, 0) is 35.8 Å². The summed E-state index contributed by atoms with van der Waals surface area (Å²) in [6.07, 6.45) is -1.27. The fraction of sp³-hybridized carbons (Fsp3) is 0.235. The van der Waals surface area contributed by atoms with Crippen LogP contribution in [0, 0.1) is 12.7 Å². The number of fused-ring (bicyclic) bond motifs is 1. The van der Waals surface area contributed by atoms with Crippen molar-refractivity contribution in [3.05, 3.63) is 57.8 Å². The minimum absolute atomic E-state index is 0.148. The van der Waals surface area contributed by atoms with Gasteiger partial charge in [-0.25, -0.2) is 28.1 Å². The molecule has 0 amide bonds. The van der Waals surface area contributed by atoms with E-state index in [1.807, 2.05) is 0 Å². The van der Waals surface area contributed by atoms with Crippen LogP contribution >= 0.6 is 15.9 Å². The highest BCUT2D eigenvalue weighted by molar-refractivity contribution is 9.10. The Kier molecular flexibility index (Phi) is 4.89. The van der Waals surface area contributed by atoms with Gasteiger partial charge >= 0.3 is 0 Å². The molecule has 8 heteroatoms. The van der Waals surface area contributed by atoms with Gasteiger partial charge in [0.15, 0.2) is 0 Å². The van der Waals surface area contributed by atoms with Crippen molar-refractivity contribution >= 4 is 32.7 Å². The number of aryl methyl sites for hydroxylation is 1. The van der Waals surface area contributed by atoms with Gasteiger partial charge in [0.05, 0.1) is 23.3 Å². The van der Waals surface area contributed by atoms with Crippen molar-refractivity contribution in [2.75, 3.05) is 5.32 Å². The third kappa shape index (κ3) is 3.58. The highest BCUT2D eigenvalue weighted by atomic mass is 79.9. The quantitative estimate of drug-likeness (QED) is 0.589. The molecule has 130 valence electrons. The van der Waals surface area contributed by atoms with Gasteiger partial charge in [0.25, 0.3) is 6.43 Å². The lowest BCUT2D eigenvalue weighted by Crippen LogP contribution is -2.12. The van der Waals surface area contributed by atoms with Crippen LogP contribution in [-0.2, 0) is 0 Å². The van der Waals surface area contributed by atoms with Crippen molar-refractivity contribution in [2.24, 2.45) is 0 Å². The van der Waals surface area contributed by atoms with Crippen LogP contribution in [0.15, 0.2) is 35.1 Å². The number of hydrogen-bond acceptors (Lipinski definition) is 4. The first kappa shape index (κ1) is 17.6. The molecule has 25 heavy (non-hydrogen) atoms. The first-order valence-electron chi connectivity index (χ1n) is 7.49. The van der Waals surface area contributed by atoms with E-state index in [9.17, 15) is 13.2 Å². The van der Waals surface area contributed by atoms with Crippen molar-refractivity contribution in [3.8, 4) is 0 Å². The highest BCUT2D eigenvalue weighted by Crippen LogP contribution is 2.30. The molecular weight excluding hydrogens is 397 g/mol. The summed E-state index contributed by atoms with van der Waals surface area (Å²) in [7, 11) is 0. The summed E-state index contributed by atoms with van der Waals surface area (Å²) in [4.78, 5) is 12.8. The Labute approximate surface area is 150 Å². The number of nitrogens with one attached hydrogen (secondary N) is 1. The average molecular weight is 411 g/mol. The summed E-state index contributed by atoms with van der Waals surface area (Å²) < 4.78 is 40.8. The molecule has 0 aliphatic heterocycles. The van der Waals surface area contributed by atoms with Crippen LogP contribution in [0.4, 0.5) is 19.0 Å². The zero-order valence-corrected chi connectivity index (χ0v) is 15.0. The van der Waals surface area contributed by atoms with Gasteiger partial charge in [-0.2, -0.15) is 0 Å². The second-order valence-corrected chi connectivity index (χ2v) is 6.37. The molecular formula is C17H14BrF3N4. The Morgan fingerprint density at radius 2 is 1.88 bits per heavy atom. The number of hydrogen-bond donors (Lipinski definition) is 1. The fourth-order valence-corrected chi connectivity index (χ4v) is 2.92. The minimum Gasteiger partial charge on any atom is -0.363 e. The summed E-state index contributed by atoms with van der Waals surface area (Å²) >= 11 is 3.30. The van der Waals surface area contributed by atoms with E-state index in [4.69, 9.17) is 0 Å². The van der Waals surface area contributed by atoms with E-state index < -0.39 is 23.8 Å². The van der Waals surface area contributed by atoms with E-state index in [1.54, 1.807) is 26.1 Å². The lowest BCUT2D eigenvalue weighted by atomic mass is 10.0. The second kappa shape index (κ2) is 6.95. The van der Waals surface area contributed by atoms with Gasteiger partial charge in [-0.15, -0.1) is 0 Å². The van der Waals surface area contributed by atoms with Crippen LogP contribution in [-0.4, -0.2) is 15.0 Å². The minimum atomic E-state index is -2.86. The molecule has 3 rings (SSSR count). The monoisotopic (exact) mass is 410 g/mol. The Bertz CT molecular complexity index is 933. The van der Waals surface area contributed by atoms with Gasteiger partial charge < -0.3 is 5.32 Å². The molecule has 1 atom stereocenters. The number of rotatable bonds is 4. The predicted octanol–water partition coefficient (Wildman–Crippen LogP) is 5.35. The molecule has 1 aromatic carbocycles. The number of benzene rings is 1. The number of pyridine rings is 1. The predicted molar refractivity (Wildman–Crippen MR) is 93.2 cm³/mol. The van der Waals surface area contributed by atoms with E-state index in [2.05, 4.69) is 36.2 Å². The third-order valence-electron chi connectivity index (χ3n) is 3.77. The van der Waals surface area contributed by atoms with Crippen LogP contribution in [0.2, 0.25) is 0 Å². The molecule has 0 radical (unpaired) electrons. The molecule has 0 aliphatic rings. The van der Waals surface area contributed by atoms with Gasteiger partial charge in [-0.1, -0.05) is 18.2 Å². The molecule has 0 aliphatic carbocycles. The molecule has 1 unspecified atom stereocenters. The molecule has 0 fully saturated rings. The van der Waals surface area contributed by atoms with Crippen LogP contribution < -0.4 is 5.32 Å². The summed E-state index contributed by atoms with van der Waals surface area (Å²) in [5, 5.41) is 3.79. The Balaban J connectivity index is 2.02. The van der Waals surface area contributed by atoms with Crippen molar-refractivity contribution in [2.45, 2.75) is 26.3 Å². The van der Waals surface area contributed by atoms with Crippen LogP contribution in [0.25, 0.3) is 10.9 Å². The molecule has 3 aromatic rings. The largest absolute Gasteiger partial charge is 0.363 e. The Hall–Kier alpha value is -2.22. The topological polar surface area (TPSA) is 50.7 Å². The summed E-state index contributed by atoms with van der Waals surface area (Å²) in [5.74, 6) is 0.100. The van der Waals surface area contributed by atoms with E-state index in [1.165, 1.54) is 12.1 Å². The number of nitrogens with zero attached hydrogens (tertiary/aromatic N) is 3. The first-order chi connectivity index (χ1) is 11.9. The van der Waals surface area contributed by atoms with Gasteiger partial charge in [-0.3, -0.25) is 0 Å². The van der Waals surface area contributed by atoms with Gasteiger partial charge in [0, 0.05) is 10.9 Å². The van der Waals surface area contributed by atoms with Crippen LogP contribution in [0.5, 0.6) is 0 Å². The van der Waals surface area contributed by atoms with Gasteiger partial charge in [0.1, 0.15) is 22.1 Å². The molecule has 0 saturated carbocycles. The van der Waals surface area contributed by atoms with Crippen molar-refractivity contribution in [1.29, 1.82) is 0 Å². The fourth-order valence-electron chi connectivity index (χ4n) is 2.59. The van der Waals surface area contributed by atoms with E-state index in [-0.39, 0.29) is 5.56 Å². The molecule has 2 aromatic heterocycles. The molecule has 0 spiro atoms. The van der Waals surface area contributed by atoms with E-state index in [0.717, 1.165) is 6.07 Å². The molecule has 0 bridgehead atoms. The molecule has 4 nitrogen and oxygen atoms in total. The Morgan fingerprint density at radius 3 is 2.60 bits per heavy atom. The summed E-state index contributed by atoms with van der Waals surface area (Å²) in [6, 6.07) is 5.16. The van der Waals surface area contributed by atoms with Crippen molar-refractivity contribution in [3.63, 3.8) is 0 Å².